The summed E-state index contributed by atoms with van der Waals surface area (Å²) < 4.78 is 3.12. The fourth-order valence-electron chi connectivity index (χ4n) is 3.48. The van der Waals surface area contributed by atoms with E-state index in [4.69, 9.17) is 0 Å². The SMILES string of the molecule is Brc1cncn1C(c1ccccc1)(c1ccccc1)c1ccccc1. The molecule has 0 atom stereocenters. The first-order valence-electron chi connectivity index (χ1n) is 8.18. The molecule has 0 spiro atoms. The summed E-state index contributed by atoms with van der Waals surface area (Å²) in [7, 11) is 0. The zero-order chi connectivity index (χ0) is 17.1. The summed E-state index contributed by atoms with van der Waals surface area (Å²) in [6.07, 6.45) is 3.72. The van der Waals surface area contributed by atoms with Crippen LogP contribution in [0.25, 0.3) is 0 Å². The summed E-state index contributed by atoms with van der Waals surface area (Å²) in [5.41, 5.74) is 3.06. The molecule has 0 saturated heterocycles. The molecule has 0 unspecified atom stereocenters. The first-order chi connectivity index (χ1) is 12.3. The molecule has 0 aliphatic carbocycles. The van der Waals surface area contributed by atoms with Crippen LogP contribution in [0.15, 0.2) is 108 Å². The van der Waals surface area contributed by atoms with Gasteiger partial charge in [-0.15, -0.1) is 0 Å². The van der Waals surface area contributed by atoms with Gasteiger partial charge in [0.05, 0.1) is 12.5 Å². The van der Waals surface area contributed by atoms with Gasteiger partial charge in [-0.1, -0.05) is 91.0 Å². The van der Waals surface area contributed by atoms with Crippen molar-refractivity contribution in [2.24, 2.45) is 0 Å². The second-order valence-corrected chi connectivity index (χ2v) is 6.71. The second kappa shape index (κ2) is 6.69. The van der Waals surface area contributed by atoms with Crippen LogP contribution in [-0.4, -0.2) is 9.55 Å². The third-order valence-electron chi connectivity index (χ3n) is 4.53. The molecule has 3 aromatic carbocycles. The average molecular weight is 389 g/mol. The maximum absolute atomic E-state index is 4.38. The van der Waals surface area contributed by atoms with Crippen molar-refractivity contribution in [3.63, 3.8) is 0 Å². The smallest absolute Gasteiger partial charge is 0.122 e. The molecule has 0 fully saturated rings. The van der Waals surface area contributed by atoms with Crippen LogP contribution in [0.4, 0.5) is 0 Å². The highest BCUT2D eigenvalue weighted by Crippen LogP contribution is 2.42. The number of hydrogen-bond donors (Lipinski definition) is 0. The molecule has 0 saturated carbocycles. The molecule has 0 radical (unpaired) electrons. The molecule has 3 heteroatoms. The van der Waals surface area contributed by atoms with E-state index in [9.17, 15) is 0 Å². The van der Waals surface area contributed by atoms with Crippen LogP contribution in [0.1, 0.15) is 16.7 Å². The Morgan fingerprint density at radius 3 is 1.36 bits per heavy atom. The second-order valence-electron chi connectivity index (χ2n) is 5.89. The maximum atomic E-state index is 4.38. The van der Waals surface area contributed by atoms with Gasteiger partial charge in [-0.3, -0.25) is 0 Å². The van der Waals surface area contributed by atoms with Crippen molar-refractivity contribution in [3.05, 3.63) is 125 Å². The van der Waals surface area contributed by atoms with E-state index in [1.54, 1.807) is 0 Å². The largest absolute Gasteiger partial charge is 0.307 e. The molecule has 1 aromatic heterocycles. The Hall–Kier alpha value is -2.65. The summed E-state index contributed by atoms with van der Waals surface area (Å²) in [6, 6.07) is 31.7. The summed E-state index contributed by atoms with van der Waals surface area (Å²) in [6.45, 7) is 0. The molecule has 0 bridgehead atoms. The third kappa shape index (κ3) is 2.61. The highest BCUT2D eigenvalue weighted by molar-refractivity contribution is 9.10. The van der Waals surface area contributed by atoms with Crippen molar-refractivity contribution in [1.82, 2.24) is 9.55 Å². The Morgan fingerprint density at radius 2 is 1.04 bits per heavy atom. The lowest BCUT2D eigenvalue weighted by atomic mass is 9.77. The molecule has 0 N–H and O–H groups in total. The average Bonchev–Trinajstić information content (AvgIpc) is 3.12. The van der Waals surface area contributed by atoms with Gasteiger partial charge in [0.1, 0.15) is 10.1 Å². The minimum absolute atomic E-state index is 0.501. The maximum Gasteiger partial charge on any atom is 0.122 e. The van der Waals surface area contributed by atoms with Crippen molar-refractivity contribution < 1.29 is 0 Å². The Labute approximate surface area is 155 Å². The zero-order valence-corrected chi connectivity index (χ0v) is 15.2. The number of halogens is 1. The lowest BCUT2D eigenvalue weighted by Crippen LogP contribution is -2.37. The van der Waals surface area contributed by atoms with Crippen LogP contribution in [0.5, 0.6) is 0 Å². The number of benzene rings is 3. The zero-order valence-electron chi connectivity index (χ0n) is 13.6. The summed E-state index contributed by atoms with van der Waals surface area (Å²) in [5, 5.41) is 0. The van der Waals surface area contributed by atoms with E-state index >= 15 is 0 Å². The van der Waals surface area contributed by atoms with Crippen LogP contribution < -0.4 is 0 Å². The van der Waals surface area contributed by atoms with Crippen molar-refractivity contribution in [3.8, 4) is 0 Å². The molecule has 0 aliphatic heterocycles. The fraction of sp³-hybridized carbons (Fsp3) is 0.0455. The molecule has 4 aromatic rings. The van der Waals surface area contributed by atoms with E-state index in [-0.39, 0.29) is 0 Å². The van der Waals surface area contributed by atoms with Gasteiger partial charge < -0.3 is 4.57 Å². The van der Waals surface area contributed by atoms with Gasteiger partial charge in [0, 0.05) is 0 Å². The molecular formula is C22H17BrN2. The Kier molecular flexibility index (Phi) is 4.24. The summed E-state index contributed by atoms with van der Waals surface area (Å²) in [5.74, 6) is 0. The highest BCUT2D eigenvalue weighted by Gasteiger charge is 2.39. The molecule has 1 heterocycles. The third-order valence-corrected chi connectivity index (χ3v) is 5.12. The first kappa shape index (κ1) is 15.9. The van der Waals surface area contributed by atoms with Crippen molar-refractivity contribution in [2.75, 3.05) is 0 Å². The lowest BCUT2D eigenvalue weighted by molar-refractivity contribution is 0.506. The molecule has 4 rings (SSSR count). The van der Waals surface area contributed by atoms with Gasteiger partial charge in [0.2, 0.25) is 0 Å². The van der Waals surface area contributed by atoms with E-state index in [1.165, 1.54) is 16.7 Å². The van der Waals surface area contributed by atoms with Gasteiger partial charge in [0.15, 0.2) is 0 Å². The summed E-state index contributed by atoms with van der Waals surface area (Å²) in [4.78, 5) is 4.38. The predicted molar refractivity (Wildman–Crippen MR) is 105 cm³/mol. The van der Waals surface area contributed by atoms with Crippen molar-refractivity contribution in [2.45, 2.75) is 5.54 Å². The monoisotopic (exact) mass is 388 g/mol. The van der Waals surface area contributed by atoms with E-state index in [0.29, 0.717) is 0 Å². The molecule has 25 heavy (non-hydrogen) atoms. The Balaban J connectivity index is 2.15. The molecule has 122 valence electrons. The van der Waals surface area contributed by atoms with Crippen molar-refractivity contribution in [1.29, 1.82) is 0 Å². The van der Waals surface area contributed by atoms with Gasteiger partial charge in [-0.25, -0.2) is 4.98 Å². The number of imidazole rings is 1. The fourth-order valence-corrected chi connectivity index (χ4v) is 3.96. The van der Waals surface area contributed by atoms with Crippen LogP contribution in [-0.2, 0) is 5.54 Å². The number of aromatic nitrogens is 2. The van der Waals surface area contributed by atoms with Crippen LogP contribution in [0, 0.1) is 0 Å². The summed E-state index contributed by atoms with van der Waals surface area (Å²) >= 11 is 3.69. The Morgan fingerprint density at radius 1 is 0.640 bits per heavy atom. The van der Waals surface area contributed by atoms with E-state index in [2.05, 4.69) is 98.3 Å². The normalized spacial score (nSPS) is 11.4. The van der Waals surface area contributed by atoms with Crippen molar-refractivity contribution >= 4 is 15.9 Å². The molecule has 0 amide bonds. The van der Waals surface area contributed by atoms with Crippen LogP contribution >= 0.6 is 15.9 Å². The molecular weight excluding hydrogens is 372 g/mol. The lowest BCUT2D eigenvalue weighted by Gasteiger charge is -2.37. The molecule has 2 nitrogen and oxygen atoms in total. The molecule has 0 aliphatic rings. The number of rotatable bonds is 4. The topological polar surface area (TPSA) is 17.8 Å². The van der Waals surface area contributed by atoms with E-state index < -0.39 is 5.54 Å². The Bertz CT molecular complexity index is 850. The van der Waals surface area contributed by atoms with Crippen LogP contribution in [0.2, 0.25) is 0 Å². The van der Waals surface area contributed by atoms with E-state index in [1.807, 2.05) is 30.7 Å². The highest BCUT2D eigenvalue weighted by atomic mass is 79.9. The minimum Gasteiger partial charge on any atom is -0.307 e. The number of nitrogens with zero attached hydrogens (tertiary/aromatic N) is 2. The predicted octanol–water partition coefficient (Wildman–Crippen LogP) is 5.49. The van der Waals surface area contributed by atoms with Gasteiger partial charge >= 0.3 is 0 Å². The van der Waals surface area contributed by atoms with Gasteiger partial charge in [0.25, 0.3) is 0 Å². The van der Waals surface area contributed by atoms with Gasteiger partial charge in [-0.05, 0) is 32.6 Å². The number of hydrogen-bond acceptors (Lipinski definition) is 1. The minimum atomic E-state index is -0.501. The standard InChI is InChI=1S/C22H17BrN2/c23-21-16-24-17-25(21)22(18-10-4-1-5-11-18,19-12-6-2-7-13-19)20-14-8-3-9-15-20/h1-17H. The first-order valence-corrected chi connectivity index (χ1v) is 8.97. The van der Waals surface area contributed by atoms with Crippen LogP contribution in [0.3, 0.4) is 0 Å². The van der Waals surface area contributed by atoms with Gasteiger partial charge in [-0.2, -0.15) is 0 Å². The quantitative estimate of drug-likeness (QED) is 0.423. The van der Waals surface area contributed by atoms with E-state index in [0.717, 1.165) is 4.60 Å².